The molecule has 1 aromatic heterocycles. The van der Waals surface area contributed by atoms with Crippen LogP contribution in [0.2, 0.25) is 0 Å². The van der Waals surface area contributed by atoms with Gasteiger partial charge in [0.1, 0.15) is 0 Å². The number of hydrogen-bond donors (Lipinski definition) is 2. The van der Waals surface area contributed by atoms with E-state index in [0.717, 1.165) is 37.7 Å². The number of aromatic nitrogens is 1. The third-order valence-corrected chi connectivity index (χ3v) is 4.51. The zero-order valence-corrected chi connectivity index (χ0v) is 13.2. The van der Waals surface area contributed by atoms with Gasteiger partial charge in [-0.2, -0.15) is 0 Å². The second-order valence-electron chi connectivity index (χ2n) is 6.63. The van der Waals surface area contributed by atoms with E-state index in [0.29, 0.717) is 18.3 Å². The molecule has 1 amide bonds. The van der Waals surface area contributed by atoms with Crippen molar-refractivity contribution >= 4 is 17.4 Å². The summed E-state index contributed by atoms with van der Waals surface area (Å²) in [6.45, 7) is 1.78. The first kappa shape index (κ1) is 15.7. The van der Waals surface area contributed by atoms with Crippen LogP contribution in [0.4, 0.5) is 11.5 Å². The van der Waals surface area contributed by atoms with Crippen LogP contribution in [-0.4, -0.2) is 27.9 Å². The fourth-order valence-electron chi connectivity index (χ4n) is 3.10. The van der Waals surface area contributed by atoms with Gasteiger partial charge in [0.05, 0.1) is 4.92 Å². The Hall–Kier alpha value is -2.18. The highest BCUT2D eigenvalue weighted by molar-refractivity contribution is 5.79. The predicted molar refractivity (Wildman–Crippen MR) is 86.2 cm³/mol. The number of nitrogens with zero attached hydrogens (tertiary/aromatic N) is 2. The van der Waals surface area contributed by atoms with Crippen molar-refractivity contribution < 1.29 is 9.72 Å². The van der Waals surface area contributed by atoms with Crippen molar-refractivity contribution in [1.29, 1.82) is 0 Å². The quantitative estimate of drug-likeness (QED) is 0.642. The molecule has 3 rings (SSSR count). The molecule has 2 fully saturated rings. The lowest BCUT2D eigenvalue weighted by atomic mass is 9.85. The van der Waals surface area contributed by atoms with E-state index < -0.39 is 4.92 Å². The van der Waals surface area contributed by atoms with E-state index >= 15 is 0 Å². The van der Waals surface area contributed by atoms with Gasteiger partial charge in [-0.1, -0.05) is 6.42 Å². The lowest BCUT2D eigenvalue weighted by molar-refractivity contribution is -0.384. The van der Waals surface area contributed by atoms with Crippen LogP contribution >= 0.6 is 0 Å². The maximum Gasteiger partial charge on any atom is 0.311 e. The van der Waals surface area contributed by atoms with Crippen LogP contribution in [0.3, 0.4) is 0 Å². The van der Waals surface area contributed by atoms with Gasteiger partial charge in [-0.3, -0.25) is 14.9 Å². The van der Waals surface area contributed by atoms with E-state index in [1.807, 2.05) is 0 Å². The zero-order chi connectivity index (χ0) is 16.4. The van der Waals surface area contributed by atoms with E-state index in [4.69, 9.17) is 0 Å². The number of hydrogen-bond acceptors (Lipinski definition) is 5. The highest BCUT2D eigenvalue weighted by Gasteiger charge is 2.32. The molecule has 23 heavy (non-hydrogen) atoms. The molecule has 2 aliphatic rings. The molecule has 0 saturated heterocycles. The molecule has 0 aromatic carbocycles. The maximum atomic E-state index is 12.2. The number of nitro groups is 1. The lowest BCUT2D eigenvalue weighted by Crippen LogP contribution is -2.38. The van der Waals surface area contributed by atoms with Crippen molar-refractivity contribution in [3.8, 4) is 0 Å². The monoisotopic (exact) mass is 318 g/mol. The maximum absolute atomic E-state index is 12.2. The topological polar surface area (TPSA) is 97.2 Å². The second-order valence-corrected chi connectivity index (χ2v) is 6.63. The fourth-order valence-corrected chi connectivity index (χ4v) is 3.10. The Bertz CT molecular complexity index is 615. The molecule has 7 nitrogen and oxygen atoms in total. The Balaban J connectivity index is 1.65. The van der Waals surface area contributed by atoms with Crippen molar-refractivity contribution in [2.24, 2.45) is 5.92 Å². The van der Waals surface area contributed by atoms with Crippen LogP contribution in [0.1, 0.15) is 44.1 Å². The second kappa shape index (κ2) is 6.52. The summed E-state index contributed by atoms with van der Waals surface area (Å²) in [5.41, 5.74) is 0.752. The molecule has 2 saturated carbocycles. The smallest absolute Gasteiger partial charge is 0.311 e. The van der Waals surface area contributed by atoms with Gasteiger partial charge in [-0.05, 0) is 44.6 Å². The van der Waals surface area contributed by atoms with Gasteiger partial charge >= 0.3 is 5.69 Å². The standard InChI is InChI=1S/C16H22N4O3/c1-10-7-14(20(22)23)15(17-9-10)18-13-4-2-3-11(8-13)16(21)19-12-5-6-12/h7,9,11-13H,2-6,8H2,1H3,(H,17,18)(H,19,21)/t11-,13-/m0/s1. The molecule has 0 aliphatic heterocycles. The first-order valence-electron chi connectivity index (χ1n) is 8.21. The van der Waals surface area contributed by atoms with Crippen LogP contribution in [0, 0.1) is 23.0 Å². The number of aryl methyl sites for hydroxylation is 1. The molecular weight excluding hydrogens is 296 g/mol. The number of carbonyl (C=O) groups excluding carboxylic acids is 1. The Morgan fingerprint density at radius 2 is 2.09 bits per heavy atom. The van der Waals surface area contributed by atoms with Crippen LogP contribution in [0.5, 0.6) is 0 Å². The number of pyridine rings is 1. The fraction of sp³-hybridized carbons (Fsp3) is 0.625. The van der Waals surface area contributed by atoms with E-state index in [-0.39, 0.29) is 23.6 Å². The summed E-state index contributed by atoms with van der Waals surface area (Å²) < 4.78 is 0. The van der Waals surface area contributed by atoms with Gasteiger partial charge in [-0.25, -0.2) is 4.98 Å². The minimum atomic E-state index is -0.414. The Labute approximate surface area is 135 Å². The molecule has 124 valence electrons. The first-order valence-corrected chi connectivity index (χ1v) is 8.21. The van der Waals surface area contributed by atoms with E-state index in [1.165, 1.54) is 6.07 Å². The first-order chi connectivity index (χ1) is 11.0. The molecule has 0 bridgehead atoms. The molecule has 2 atom stereocenters. The largest absolute Gasteiger partial charge is 0.362 e. The predicted octanol–water partition coefficient (Wildman–Crippen LogP) is 2.55. The molecular formula is C16H22N4O3. The van der Waals surface area contributed by atoms with Gasteiger partial charge in [0.25, 0.3) is 0 Å². The van der Waals surface area contributed by atoms with Gasteiger partial charge < -0.3 is 10.6 Å². The highest BCUT2D eigenvalue weighted by atomic mass is 16.6. The molecule has 1 heterocycles. The summed E-state index contributed by atoms with van der Waals surface area (Å²) in [5, 5.41) is 17.4. The summed E-state index contributed by atoms with van der Waals surface area (Å²) in [5.74, 6) is 0.422. The third kappa shape index (κ3) is 3.97. The number of nitrogens with one attached hydrogen (secondary N) is 2. The number of carbonyl (C=O) groups is 1. The molecule has 1 aromatic rings. The average Bonchev–Trinajstić information content (AvgIpc) is 3.33. The van der Waals surface area contributed by atoms with Gasteiger partial charge in [-0.15, -0.1) is 0 Å². The summed E-state index contributed by atoms with van der Waals surface area (Å²) in [6.07, 6.45) is 7.22. The normalized spacial score (nSPS) is 24.0. The summed E-state index contributed by atoms with van der Waals surface area (Å²) in [7, 11) is 0. The zero-order valence-electron chi connectivity index (χ0n) is 13.2. The SMILES string of the molecule is Cc1cnc(N[C@H]2CCC[C@H](C(=O)NC3CC3)C2)c([N+](=O)[O-])c1. The number of anilines is 1. The van der Waals surface area contributed by atoms with Crippen LogP contribution in [0.15, 0.2) is 12.3 Å². The van der Waals surface area contributed by atoms with E-state index in [2.05, 4.69) is 15.6 Å². The summed E-state index contributed by atoms with van der Waals surface area (Å²) in [4.78, 5) is 27.1. The summed E-state index contributed by atoms with van der Waals surface area (Å²) in [6, 6.07) is 1.94. The highest BCUT2D eigenvalue weighted by Crippen LogP contribution is 2.30. The molecule has 0 radical (unpaired) electrons. The van der Waals surface area contributed by atoms with Crippen LogP contribution in [-0.2, 0) is 4.79 Å². The minimum Gasteiger partial charge on any atom is -0.362 e. The van der Waals surface area contributed by atoms with Gasteiger partial charge in [0.15, 0.2) is 0 Å². The molecule has 0 unspecified atom stereocenters. The van der Waals surface area contributed by atoms with Gasteiger partial charge in [0.2, 0.25) is 11.7 Å². The van der Waals surface area contributed by atoms with E-state index in [9.17, 15) is 14.9 Å². The average molecular weight is 318 g/mol. The van der Waals surface area contributed by atoms with Crippen LogP contribution < -0.4 is 10.6 Å². The number of amides is 1. The van der Waals surface area contributed by atoms with Crippen molar-refractivity contribution in [3.63, 3.8) is 0 Å². The molecule has 0 spiro atoms. The van der Waals surface area contributed by atoms with Crippen LogP contribution in [0.25, 0.3) is 0 Å². The van der Waals surface area contributed by atoms with E-state index in [1.54, 1.807) is 13.1 Å². The van der Waals surface area contributed by atoms with Gasteiger partial charge in [0, 0.05) is 30.3 Å². The van der Waals surface area contributed by atoms with Crippen molar-refractivity contribution in [2.75, 3.05) is 5.32 Å². The Kier molecular flexibility index (Phi) is 4.45. The third-order valence-electron chi connectivity index (χ3n) is 4.51. The van der Waals surface area contributed by atoms with Crippen molar-refractivity contribution in [2.45, 2.75) is 57.5 Å². The molecule has 2 aliphatic carbocycles. The van der Waals surface area contributed by atoms with Crippen molar-refractivity contribution in [1.82, 2.24) is 10.3 Å². The lowest BCUT2D eigenvalue weighted by Gasteiger charge is -2.29. The Morgan fingerprint density at radius 1 is 1.30 bits per heavy atom. The molecule has 2 N–H and O–H groups in total. The van der Waals surface area contributed by atoms with Crippen molar-refractivity contribution in [3.05, 3.63) is 27.9 Å². The minimum absolute atomic E-state index is 0.00504. The molecule has 7 heteroatoms. The number of rotatable bonds is 5. The summed E-state index contributed by atoms with van der Waals surface area (Å²) >= 11 is 0. The Morgan fingerprint density at radius 3 is 2.78 bits per heavy atom.